The molecule has 5 nitrogen and oxygen atoms in total. The SMILES string of the molecule is CN.CN.N.N.[3H]N. The summed E-state index contributed by atoms with van der Waals surface area (Å²) in [5.74, 6) is 0. The summed E-state index contributed by atoms with van der Waals surface area (Å²) < 4.78 is 5.25. The Bertz CT molecular complexity index is 10.4. The third-order valence-corrected chi connectivity index (χ3v) is 0. The van der Waals surface area contributed by atoms with E-state index < -0.39 is 0 Å². The predicted octanol–water partition coefficient (Wildman–Crippen LogP) is -0.364. The molecule has 0 aliphatic carbocycles. The zero-order chi connectivity index (χ0) is 6.00. The molecule has 0 heterocycles. The fourth-order valence-corrected chi connectivity index (χ4v) is 0. The van der Waals surface area contributed by atoms with Crippen molar-refractivity contribution in [3.8, 4) is 0 Å². The Balaban J connectivity index is -0.00000000500. The molecular weight excluding hydrogens is 94.1 g/mol. The molecule has 0 atom stereocenters. The summed E-state index contributed by atoms with van der Waals surface area (Å²) in [4.78, 5) is 0. The van der Waals surface area contributed by atoms with Crippen LogP contribution in [-0.4, -0.2) is 14.1 Å². The minimum Gasteiger partial charge on any atom is -0.344 e. The first kappa shape index (κ1) is 29.2. The van der Waals surface area contributed by atoms with Gasteiger partial charge in [0.25, 0.3) is 0 Å². The summed E-state index contributed by atoms with van der Waals surface area (Å²) in [5.41, 5.74) is 9.00. The van der Waals surface area contributed by atoms with Crippen LogP contribution in [0.1, 0.15) is 0 Å². The molecule has 0 aromatic heterocycles. The third-order valence-electron chi connectivity index (χ3n) is 0. The van der Waals surface area contributed by atoms with E-state index in [9.17, 15) is 0 Å². The highest BCUT2D eigenvalue weighted by Gasteiger charge is 0.838. The van der Waals surface area contributed by atoms with Gasteiger partial charge in [0.15, 0.2) is 0 Å². The molecule has 13 N–H and O–H groups in total. The summed E-state index contributed by atoms with van der Waals surface area (Å²) in [6.45, 7) is 0. The fraction of sp³-hybridized carbons (Fsp3) is 1.00. The largest absolute Gasteiger partial charge is 0.344 e. The Hall–Kier alpha value is -0.200. The van der Waals surface area contributed by atoms with Gasteiger partial charge in [-0.15, -0.1) is 0 Å². The molecule has 7 heavy (non-hydrogen) atoms. The smallest absolute Gasteiger partial charge is 0.115 e. The molecule has 0 rings (SSSR count). The average molecular weight is 115 g/mol. The Kier molecular flexibility index (Phi) is 13900. The minimum atomic E-state index is 0. The highest BCUT2D eigenvalue weighted by molar-refractivity contribution is 3.54. The van der Waals surface area contributed by atoms with Crippen LogP contribution in [0.2, 0.25) is 1.41 Å². The van der Waals surface area contributed by atoms with E-state index in [1.54, 1.807) is 0 Å². The quantitative estimate of drug-likeness (QED) is 0.291. The first-order valence-corrected chi connectivity index (χ1v) is 1.15. The molecule has 0 saturated heterocycles. The van der Waals surface area contributed by atoms with Gasteiger partial charge in [-0.2, -0.15) is 0 Å². The molecule has 0 saturated carbocycles. The van der Waals surface area contributed by atoms with Crippen molar-refractivity contribution in [2.24, 2.45) is 11.5 Å². The van der Waals surface area contributed by atoms with Crippen molar-refractivity contribution in [3.05, 3.63) is 0 Å². The van der Waals surface area contributed by atoms with Crippen molar-refractivity contribution in [1.82, 2.24) is 18.4 Å². The van der Waals surface area contributed by atoms with Crippen LogP contribution in [0.15, 0.2) is 0 Å². The third kappa shape index (κ3) is 2090. The second-order valence-electron chi connectivity index (χ2n) is 0. The van der Waals surface area contributed by atoms with Gasteiger partial charge in [0, 0.05) is 0 Å². The van der Waals surface area contributed by atoms with Crippen molar-refractivity contribution in [2.75, 3.05) is 14.1 Å². The standard InChI is InChI=1S/2CH5N.3H3N/c2*1-2;;;/h2*2H2,1H3;3*1H3/i/hT. The van der Waals surface area contributed by atoms with Crippen LogP contribution < -0.4 is 29.9 Å². The van der Waals surface area contributed by atoms with E-state index >= 15 is 0 Å². The maximum atomic E-state index is 5.25. The summed E-state index contributed by atoms with van der Waals surface area (Å²) in [7, 11) is 3.00. The average Bonchev–Trinajstić information content (AvgIpc) is 1.81. The molecule has 0 spiro atoms. The van der Waals surface area contributed by atoms with E-state index in [1.165, 1.54) is 14.1 Å². The molecule has 52 valence electrons. The van der Waals surface area contributed by atoms with Crippen molar-refractivity contribution in [3.63, 3.8) is 0 Å². The van der Waals surface area contributed by atoms with Gasteiger partial charge < -0.3 is 29.9 Å². The van der Waals surface area contributed by atoms with Crippen LogP contribution >= 0.6 is 0 Å². The second kappa shape index (κ2) is 3340. The Morgan fingerprint density at radius 3 is 0.857 bits per heavy atom. The molecule has 0 aliphatic rings. The normalized spacial score (nSPS) is 2.71. The lowest BCUT2D eigenvalue weighted by Gasteiger charge is -1.19. The Morgan fingerprint density at radius 2 is 0.857 bits per heavy atom. The zero-order valence-electron chi connectivity index (χ0n) is 6.15. The first-order valence-electron chi connectivity index (χ1n) is 1.73. The van der Waals surface area contributed by atoms with Crippen molar-refractivity contribution >= 4 is 0 Å². The van der Waals surface area contributed by atoms with E-state index in [0.29, 0.717) is 0 Å². The molecule has 0 bridgehead atoms. The number of rotatable bonds is 0. The van der Waals surface area contributed by atoms with E-state index in [4.69, 9.17) is 1.41 Å². The maximum Gasteiger partial charge on any atom is 0.115 e. The van der Waals surface area contributed by atoms with Crippen LogP contribution in [0.3, 0.4) is 0 Å². The molecule has 0 aromatic carbocycles. The van der Waals surface area contributed by atoms with Crippen LogP contribution in [-0.2, 0) is 0 Å². The van der Waals surface area contributed by atoms with E-state index in [0.717, 1.165) is 0 Å². The van der Waals surface area contributed by atoms with Gasteiger partial charge in [-0.25, -0.2) is 0 Å². The highest BCUT2D eigenvalue weighted by atomic mass is 14.4. The lowest BCUT2D eigenvalue weighted by molar-refractivity contribution is 1.48. The monoisotopic (exact) mass is 115 g/mol. The maximum absolute atomic E-state index is 5.25. The molecule has 5 heteroatoms. The topological polar surface area (TPSA) is 157 Å². The summed E-state index contributed by atoms with van der Waals surface area (Å²) >= 11 is 0. The molecule has 0 amide bonds. The van der Waals surface area contributed by atoms with Crippen LogP contribution in [0.4, 0.5) is 0 Å². The summed E-state index contributed by atoms with van der Waals surface area (Å²) in [6, 6.07) is 0. The zero-order valence-corrected chi connectivity index (χ0v) is 5.15. The van der Waals surface area contributed by atoms with Gasteiger partial charge in [0.05, 0.1) is 0 Å². The summed E-state index contributed by atoms with van der Waals surface area (Å²) in [6.07, 6.45) is 3.75. The fourth-order valence-electron chi connectivity index (χ4n) is 0. The van der Waals surface area contributed by atoms with Gasteiger partial charge in [-0.3, -0.25) is 0 Å². The highest BCUT2D eigenvalue weighted by Crippen LogP contribution is 0.471. The molecule has 0 fully saturated rings. The number of hydrogen-bond acceptors (Lipinski definition) is 5. The van der Waals surface area contributed by atoms with Gasteiger partial charge in [0.1, 0.15) is 1.41 Å². The van der Waals surface area contributed by atoms with Crippen LogP contribution in [0.5, 0.6) is 0 Å². The van der Waals surface area contributed by atoms with Gasteiger partial charge in [-0.05, 0) is 14.1 Å². The predicted molar refractivity (Wildman–Crippen MR) is 35.3 cm³/mol. The van der Waals surface area contributed by atoms with E-state index in [1.807, 2.05) is 0 Å². The molecule has 0 aliphatic heterocycles. The molecule has 0 unspecified atom stereocenters. The molecular formula is C2H19N5. The van der Waals surface area contributed by atoms with Crippen molar-refractivity contribution in [2.45, 2.75) is 0 Å². The van der Waals surface area contributed by atoms with Gasteiger partial charge in [-0.1, -0.05) is 0 Å². The van der Waals surface area contributed by atoms with E-state index in [-0.39, 0.29) is 12.3 Å². The molecule has 0 aromatic rings. The lowest BCUT2D eigenvalue weighted by atomic mass is 11.6. The summed E-state index contributed by atoms with van der Waals surface area (Å²) in [5, 5.41) is 0. The lowest BCUT2D eigenvalue weighted by Crippen LogP contribution is -1.69. The minimum absolute atomic E-state index is 0. The van der Waals surface area contributed by atoms with Gasteiger partial charge in [0.2, 0.25) is 0 Å². The van der Waals surface area contributed by atoms with Crippen molar-refractivity contribution < 1.29 is 1.41 Å². The van der Waals surface area contributed by atoms with Crippen LogP contribution in [0, 0.1) is 0 Å². The van der Waals surface area contributed by atoms with Crippen molar-refractivity contribution in [1.29, 1.82) is 0 Å². The Morgan fingerprint density at radius 1 is 0.857 bits per heavy atom. The number of hydrogen-bond donors (Lipinski definition) is 5. The van der Waals surface area contributed by atoms with Crippen LogP contribution in [0.25, 0.3) is 0 Å². The molecule has 0 radical (unpaired) electrons. The number of nitrogens with two attached hydrogens (primary N) is 2. The second-order valence-corrected chi connectivity index (χ2v) is 0. The first-order chi connectivity index (χ1) is 3.00. The van der Waals surface area contributed by atoms with Gasteiger partial charge >= 0.3 is 0 Å². The Labute approximate surface area is 46.7 Å². The van der Waals surface area contributed by atoms with E-state index in [2.05, 4.69) is 17.6 Å².